The van der Waals surface area contributed by atoms with Gasteiger partial charge >= 0.3 is 17.9 Å². The van der Waals surface area contributed by atoms with Gasteiger partial charge in [-0.15, -0.1) is 10.2 Å². The molecule has 1 aromatic carbocycles. The second kappa shape index (κ2) is 12.5. The molecule has 37 heavy (non-hydrogen) atoms. The lowest BCUT2D eigenvalue weighted by atomic mass is 9.95. The summed E-state index contributed by atoms with van der Waals surface area (Å²) in [6.45, 7) is 4.54. The number of carbonyl (C=O) groups is 4. The van der Waals surface area contributed by atoms with Crippen LogP contribution in [0, 0.1) is 0 Å². The molecule has 0 saturated carbocycles. The van der Waals surface area contributed by atoms with Crippen LogP contribution in [0.25, 0.3) is 10.6 Å². The van der Waals surface area contributed by atoms with Crippen molar-refractivity contribution in [1.29, 1.82) is 0 Å². The molecule has 0 bridgehead atoms. The minimum atomic E-state index is -1.18. The Bertz CT molecular complexity index is 1140. The van der Waals surface area contributed by atoms with Gasteiger partial charge in [0, 0.05) is 33.3 Å². The molecule has 200 valence electrons. The third-order valence-electron chi connectivity index (χ3n) is 5.12. The highest BCUT2D eigenvalue weighted by Crippen LogP contribution is 2.32. The summed E-state index contributed by atoms with van der Waals surface area (Å²) in [6.07, 6.45) is -4.43. The first kappa shape index (κ1) is 27.8. The fourth-order valence-corrected chi connectivity index (χ4v) is 4.50. The van der Waals surface area contributed by atoms with Gasteiger partial charge in [-0.3, -0.25) is 19.2 Å². The number of benzene rings is 1. The fraction of sp³-hybridized carbons (Fsp3) is 0.478. The van der Waals surface area contributed by atoms with Crippen LogP contribution in [0.4, 0.5) is 5.13 Å². The molecule has 2 N–H and O–H groups in total. The summed E-state index contributed by atoms with van der Waals surface area (Å²) >= 11 is 1.21. The van der Waals surface area contributed by atoms with E-state index in [1.807, 2.05) is 12.1 Å². The lowest BCUT2D eigenvalue weighted by Gasteiger charge is -2.45. The summed E-state index contributed by atoms with van der Waals surface area (Å²) in [6, 6.07) is 6.26. The molecule has 3 rings (SSSR count). The summed E-state index contributed by atoms with van der Waals surface area (Å²) in [5.74, 6) is -1.75. The van der Waals surface area contributed by atoms with E-state index in [1.165, 1.54) is 39.0 Å². The third-order valence-corrected chi connectivity index (χ3v) is 6.03. The van der Waals surface area contributed by atoms with Gasteiger partial charge in [-0.1, -0.05) is 23.5 Å². The van der Waals surface area contributed by atoms with Crippen LogP contribution in [0.1, 0.15) is 27.7 Å². The van der Waals surface area contributed by atoms with Crippen LogP contribution in [-0.4, -0.2) is 78.3 Å². The first-order valence-electron chi connectivity index (χ1n) is 11.2. The summed E-state index contributed by atoms with van der Waals surface area (Å²) < 4.78 is 27.3. The molecule has 5 atom stereocenters. The topological polar surface area (TPSA) is 164 Å². The Kier molecular flexibility index (Phi) is 9.36. The van der Waals surface area contributed by atoms with E-state index in [2.05, 4.69) is 20.8 Å². The zero-order chi connectivity index (χ0) is 27.1. The van der Waals surface area contributed by atoms with E-state index < -0.39 is 54.4 Å². The number of esters is 3. The third kappa shape index (κ3) is 7.60. The van der Waals surface area contributed by atoms with Crippen molar-refractivity contribution in [3.05, 3.63) is 24.3 Å². The van der Waals surface area contributed by atoms with E-state index in [1.54, 1.807) is 19.2 Å². The number of nitrogens with one attached hydrogen (secondary N) is 2. The molecule has 2 heterocycles. The summed E-state index contributed by atoms with van der Waals surface area (Å²) in [7, 11) is 1.56. The van der Waals surface area contributed by atoms with E-state index in [0.717, 1.165) is 5.56 Å². The van der Waals surface area contributed by atoms with Crippen molar-refractivity contribution in [2.45, 2.75) is 58.3 Å². The molecule has 1 aliphatic heterocycles. The van der Waals surface area contributed by atoms with Crippen molar-refractivity contribution in [3.63, 3.8) is 0 Å². The van der Waals surface area contributed by atoms with Gasteiger partial charge in [0.2, 0.25) is 11.0 Å². The van der Waals surface area contributed by atoms with E-state index in [0.29, 0.717) is 15.9 Å². The van der Waals surface area contributed by atoms with Crippen LogP contribution in [-0.2, 0) is 38.1 Å². The molecule has 0 unspecified atom stereocenters. The summed E-state index contributed by atoms with van der Waals surface area (Å²) in [5.41, 5.74) is 0.772. The highest BCUT2D eigenvalue weighted by Gasteiger charge is 2.51. The number of aromatic nitrogens is 2. The Morgan fingerprint density at radius 1 is 1.00 bits per heavy atom. The smallest absolute Gasteiger partial charge is 0.303 e. The second-order valence-electron chi connectivity index (χ2n) is 8.06. The Balaban J connectivity index is 1.94. The standard InChI is InChI=1S/C23H28N4O9S/c1-11(28)24-18-20(35-14(4)31)19(34-13(3)30)17(10-33-12(2)29)36-21(18)25-23-27-26-22(37-23)15-7-6-8-16(9-15)32-5/h6-9,17-21H,10H2,1-5H3,(H,24,28)(H,25,27)/t17-,18-,19-,20-,21-/m1/s1. The van der Waals surface area contributed by atoms with Gasteiger partial charge in [-0.25, -0.2) is 0 Å². The van der Waals surface area contributed by atoms with Gasteiger partial charge in [0.25, 0.3) is 0 Å². The van der Waals surface area contributed by atoms with Gasteiger partial charge in [-0.05, 0) is 12.1 Å². The zero-order valence-corrected chi connectivity index (χ0v) is 21.7. The van der Waals surface area contributed by atoms with Crippen molar-refractivity contribution < 1.29 is 42.9 Å². The highest BCUT2D eigenvalue weighted by molar-refractivity contribution is 7.18. The monoisotopic (exact) mass is 536 g/mol. The predicted molar refractivity (Wildman–Crippen MR) is 130 cm³/mol. The van der Waals surface area contributed by atoms with E-state index in [4.69, 9.17) is 23.7 Å². The molecule has 2 aromatic rings. The number of rotatable bonds is 9. The van der Waals surface area contributed by atoms with Crippen molar-refractivity contribution in [2.75, 3.05) is 19.0 Å². The fourth-order valence-electron chi connectivity index (χ4n) is 3.73. The molecule has 14 heteroatoms. The van der Waals surface area contributed by atoms with Gasteiger partial charge < -0.3 is 34.3 Å². The molecule has 1 aliphatic rings. The van der Waals surface area contributed by atoms with Crippen molar-refractivity contribution in [3.8, 4) is 16.3 Å². The van der Waals surface area contributed by atoms with Crippen molar-refractivity contribution in [2.24, 2.45) is 0 Å². The van der Waals surface area contributed by atoms with E-state index in [-0.39, 0.29) is 6.61 Å². The Morgan fingerprint density at radius 3 is 2.32 bits per heavy atom. The first-order valence-corrected chi connectivity index (χ1v) is 12.0. The maximum absolute atomic E-state index is 12.1. The second-order valence-corrected chi connectivity index (χ2v) is 9.04. The number of carbonyl (C=O) groups excluding carboxylic acids is 4. The van der Waals surface area contributed by atoms with Gasteiger partial charge in [0.05, 0.1) is 7.11 Å². The summed E-state index contributed by atoms with van der Waals surface area (Å²) in [4.78, 5) is 47.4. The molecule has 1 aromatic heterocycles. The number of ether oxygens (including phenoxy) is 5. The van der Waals surface area contributed by atoms with Crippen molar-refractivity contribution >= 4 is 40.3 Å². The maximum Gasteiger partial charge on any atom is 0.303 e. The van der Waals surface area contributed by atoms with Crippen LogP contribution in [0.3, 0.4) is 0 Å². The molecule has 0 aliphatic carbocycles. The van der Waals surface area contributed by atoms with Crippen molar-refractivity contribution in [1.82, 2.24) is 15.5 Å². The molecule has 0 spiro atoms. The molecule has 1 saturated heterocycles. The molecule has 13 nitrogen and oxygen atoms in total. The maximum atomic E-state index is 12.1. The number of hydrogen-bond donors (Lipinski definition) is 2. The average Bonchev–Trinajstić information content (AvgIpc) is 3.29. The molecular weight excluding hydrogens is 508 g/mol. The lowest BCUT2D eigenvalue weighted by molar-refractivity contribution is -0.219. The number of methoxy groups -OCH3 is 1. The Hall–Kier alpha value is -3.78. The summed E-state index contributed by atoms with van der Waals surface area (Å²) in [5, 5.41) is 15.0. The average molecular weight is 537 g/mol. The zero-order valence-electron chi connectivity index (χ0n) is 20.9. The van der Waals surface area contributed by atoms with Crippen LogP contribution >= 0.6 is 11.3 Å². The van der Waals surface area contributed by atoms with Crippen LogP contribution in [0.5, 0.6) is 5.75 Å². The quantitative estimate of drug-likeness (QED) is 0.349. The predicted octanol–water partition coefficient (Wildman–Crippen LogP) is 1.28. The first-order chi connectivity index (χ1) is 17.6. The number of nitrogens with zero attached hydrogens (tertiary/aromatic N) is 2. The minimum Gasteiger partial charge on any atom is -0.497 e. The molecule has 0 radical (unpaired) electrons. The number of hydrogen-bond acceptors (Lipinski definition) is 13. The van der Waals surface area contributed by atoms with Gasteiger partial charge in [-0.2, -0.15) is 0 Å². The molecule has 1 fully saturated rings. The number of anilines is 1. The molecule has 1 amide bonds. The van der Waals surface area contributed by atoms with Gasteiger partial charge in [0.1, 0.15) is 29.5 Å². The Morgan fingerprint density at radius 2 is 1.70 bits per heavy atom. The van der Waals surface area contributed by atoms with E-state index >= 15 is 0 Å². The SMILES string of the molecule is COc1cccc(-c2nnc(N[C@@H]3O[C@H](COC(C)=O)[C@@H](OC(C)=O)[C@H](OC(C)=O)[C@H]3NC(C)=O)s2)c1. The minimum absolute atomic E-state index is 0.304. The Labute approximate surface area is 216 Å². The van der Waals surface area contributed by atoms with Crippen LogP contribution in [0.15, 0.2) is 24.3 Å². The number of amides is 1. The lowest BCUT2D eigenvalue weighted by Crippen LogP contribution is -2.67. The van der Waals surface area contributed by atoms with E-state index in [9.17, 15) is 19.2 Å². The largest absolute Gasteiger partial charge is 0.497 e. The van der Waals surface area contributed by atoms with Crippen LogP contribution in [0.2, 0.25) is 0 Å². The normalized spacial score (nSPS) is 22.9. The van der Waals surface area contributed by atoms with Gasteiger partial charge in [0.15, 0.2) is 18.4 Å². The van der Waals surface area contributed by atoms with Crippen LogP contribution < -0.4 is 15.4 Å². The molecular formula is C23H28N4O9S. The highest BCUT2D eigenvalue weighted by atomic mass is 32.1.